The predicted octanol–water partition coefficient (Wildman–Crippen LogP) is 3.14. The quantitative estimate of drug-likeness (QED) is 0.943. The van der Waals surface area contributed by atoms with Gasteiger partial charge in [-0.05, 0) is 55.5 Å². The number of likely N-dealkylation sites (tertiary alicyclic amines) is 1. The Labute approximate surface area is 137 Å². The number of hydrogen-bond acceptors (Lipinski definition) is 3. The van der Waals surface area contributed by atoms with Crippen molar-refractivity contribution in [3.8, 4) is 5.75 Å². The normalized spacial score (nSPS) is 21.4. The fourth-order valence-corrected chi connectivity index (χ4v) is 3.71. The number of ether oxygens (including phenoxy) is 1. The molecule has 120 valence electrons. The van der Waals surface area contributed by atoms with Gasteiger partial charge in [0, 0.05) is 30.5 Å². The SMILES string of the molecule is C1=C(CN2CCCC(Cc3ccn[nH]3)C2)COc2ccccc21. The Balaban J connectivity index is 1.38. The highest BCUT2D eigenvalue weighted by molar-refractivity contribution is 5.62. The van der Waals surface area contributed by atoms with E-state index >= 15 is 0 Å². The van der Waals surface area contributed by atoms with Gasteiger partial charge in [0.1, 0.15) is 12.4 Å². The fourth-order valence-electron chi connectivity index (χ4n) is 3.71. The van der Waals surface area contributed by atoms with Gasteiger partial charge in [0.05, 0.1) is 0 Å². The van der Waals surface area contributed by atoms with Gasteiger partial charge in [-0.3, -0.25) is 10.00 Å². The van der Waals surface area contributed by atoms with Crippen LogP contribution < -0.4 is 4.74 Å². The molecule has 4 rings (SSSR count). The van der Waals surface area contributed by atoms with Gasteiger partial charge in [-0.25, -0.2) is 0 Å². The van der Waals surface area contributed by atoms with Gasteiger partial charge < -0.3 is 4.74 Å². The highest BCUT2D eigenvalue weighted by atomic mass is 16.5. The van der Waals surface area contributed by atoms with E-state index in [-0.39, 0.29) is 0 Å². The number of hydrogen-bond donors (Lipinski definition) is 1. The summed E-state index contributed by atoms with van der Waals surface area (Å²) in [5, 5.41) is 7.15. The number of nitrogens with one attached hydrogen (secondary N) is 1. The lowest BCUT2D eigenvalue weighted by Gasteiger charge is -2.33. The molecule has 1 saturated heterocycles. The average Bonchev–Trinajstić information content (AvgIpc) is 3.08. The monoisotopic (exact) mass is 309 g/mol. The summed E-state index contributed by atoms with van der Waals surface area (Å²) in [5.74, 6) is 1.73. The zero-order chi connectivity index (χ0) is 15.5. The smallest absolute Gasteiger partial charge is 0.127 e. The molecule has 1 N–H and O–H groups in total. The molecule has 1 unspecified atom stereocenters. The van der Waals surface area contributed by atoms with E-state index < -0.39 is 0 Å². The number of H-pyrrole nitrogens is 1. The summed E-state index contributed by atoms with van der Waals surface area (Å²) in [6.07, 6.45) is 7.85. The molecule has 0 spiro atoms. The average molecular weight is 309 g/mol. The summed E-state index contributed by atoms with van der Waals surface area (Å²) >= 11 is 0. The van der Waals surface area contributed by atoms with Crippen LogP contribution in [0.1, 0.15) is 24.1 Å². The summed E-state index contributed by atoms with van der Waals surface area (Å²) in [5.41, 5.74) is 3.84. The lowest BCUT2D eigenvalue weighted by atomic mass is 9.93. The first-order chi connectivity index (χ1) is 11.4. The minimum Gasteiger partial charge on any atom is -0.489 e. The first-order valence-electron chi connectivity index (χ1n) is 8.49. The molecule has 0 saturated carbocycles. The second kappa shape index (κ2) is 6.59. The first-order valence-corrected chi connectivity index (χ1v) is 8.49. The van der Waals surface area contributed by atoms with E-state index in [1.165, 1.54) is 36.2 Å². The Morgan fingerprint density at radius 1 is 1.26 bits per heavy atom. The number of benzene rings is 1. The van der Waals surface area contributed by atoms with Gasteiger partial charge in [-0.2, -0.15) is 5.10 Å². The van der Waals surface area contributed by atoms with Crippen molar-refractivity contribution in [1.29, 1.82) is 0 Å². The van der Waals surface area contributed by atoms with E-state index in [1.807, 2.05) is 18.3 Å². The molecule has 0 radical (unpaired) electrons. The van der Waals surface area contributed by atoms with Crippen LogP contribution in [0.4, 0.5) is 0 Å². The standard InChI is InChI=1S/C19H23N3O/c1-2-6-19-17(5-1)10-16(14-23-19)13-22-9-3-4-15(12-22)11-18-7-8-20-21-18/h1-2,5-8,10,15H,3-4,9,11-14H2,(H,20,21). The van der Waals surface area contributed by atoms with Crippen molar-refractivity contribution in [3.05, 3.63) is 53.4 Å². The molecule has 2 aliphatic rings. The minimum absolute atomic E-state index is 0.721. The van der Waals surface area contributed by atoms with Crippen LogP contribution in [0.25, 0.3) is 6.08 Å². The van der Waals surface area contributed by atoms with Gasteiger partial charge in [0.2, 0.25) is 0 Å². The van der Waals surface area contributed by atoms with Crippen molar-refractivity contribution in [2.75, 3.05) is 26.2 Å². The molecule has 0 bridgehead atoms. The molecule has 0 amide bonds. The number of aromatic nitrogens is 2. The summed E-state index contributed by atoms with van der Waals surface area (Å²) in [6.45, 7) is 4.10. The van der Waals surface area contributed by atoms with Crippen molar-refractivity contribution >= 4 is 6.08 Å². The minimum atomic E-state index is 0.721. The van der Waals surface area contributed by atoms with E-state index in [4.69, 9.17) is 4.74 Å². The second-order valence-electron chi connectivity index (χ2n) is 6.66. The van der Waals surface area contributed by atoms with Crippen molar-refractivity contribution in [3.63, 3.8) is 0 Å². The number of para-hydroxylation sites is 1. The number of rotatable bonds is 4. The molecular weight excluding hydrogens is 286 g/mol. The van der Waals surface area contributed by atoms with Crippen LogP contribution in [-0.2, 0) is 6.42 Å². The number of nitrogens with zero attached hydrogens (tertiary/aromatic N) is 2. The van der Waals surface area contributed by atoms with Gasteiger partial charge in [-0.15, -0.1) is 0 Å². The molecule has 1 aromatic carbocycles. The van der Waals surface area contributed by atoms with Gasteiger partial charge in [0.25, 0.3) is 0 Å². The first kappa shape index (κ1) is 14.5. The lowest BCUT2D eigenvalue weighted by molar-refractivity contribution is 0.181. The van der Waals surface area contributed by atoms with E-state index in [0.29, 0.717) is 0 Å². The molecular formula is C19H23N3O. The Morgan fingerprint density at radius 3 is 3.13 bits per heavy atom. The van der Waals surface area contributed by atoms with Crippen molar-refractivity contribution in [2.24, 2.45) is 5.92 Å². The number of fused-ring (bicyclic) bond motifs is 1. The van der Waals surface area contributed by atoms with Crippen LogP contribution in [-0.4, -0.2) is 41.3 Å². The molecule has 2 aliphatic heterocycles. The lowest BCUT2D eigenvalue weighted by Crippen LogP contribution is -2.38. The highest BCUT2D eigenvalue weighted by Gasteiger charge is 2.22. The van der Waals surface area contributed by atoms with E-state index in [1.54, 1.807) is 0 Å². The van der Waals surface area contributed by atoms with E-state index in [9.17, 15) is 0 Å². The highest BCUT2D eigenvalue weighted by Crippen LogP contribution is 2.27. The maximum absolute atomic E-state index is 5.88. The van der Waals surface area contributed by atoms with E-state index in [2.05, 4.69) is 39.4 Å². The molecule has 0 aliphatic carbocycles. The predicted molar refractivity (Wildman–Crippen MR) is 91.4 cm³/mol. The third-order valence-corrected chi connectivity index (χ3v) is 4.79. The number of aromatic amines is 1. The van der Waals surface area contributed by atoms with Crippen LogP contribution >= 0.6 is 0 Å². The topological polar surface area (TPSA) is 41.2 Å². The van der Waals surface area contributed by atoms with Gasteiger partial charge in [0.15, 0.2) is 0 Å². The molecule has 2 aromatic rings. The van der Waals surface area contributed by atoms with Crippen LogP contribution in [0.5, 0.6) is 5.75 Å². The molecule has 3 heterocycles. The Morgan fingerprint density at radius 2 is 2.22 bits per heavy atom. The van der Waals surface area contributed by atoms with Crippen molar-refractivity contribution in [2.45, 2.75) is 19.3 Å². The summed E-state index contributed by atoms with van der Waals surface area (Å²) in [6, 6.07) is 10.4. The molecule has 23 heavy (non-hydrogen) atoms. The van der Waals surface area contributed by atoms with Gasteiger partial charge >= 0.3 is 0 Å². The Bertz CT molecular complexity index is 678. The Kier molecular flexibility index (Phi) is 4.16. The summed E-state index contributed by atoms with van der Waals surface area (Å²) in [7, 11) is 0. The maximum Gasteiger partial charge on any atom is 0.127 e. The number of piperidine rings is 1. The third kappa shape index (κ3) is 3.48. The Hall–Kier alpha value is -2.07. The molecule has 1 fully saturated rings. The maximum atomic E-state index is 5.88. The molecule has 4 heteroatoms. The molecule has 4 nitrogen and oxygen atoms in total. The third-order valence-electron chi connectivity index (χ3n) is 4.79. The van der Waals surface area contributed by atoms with Crippen LogP contribution in [0, 0.1) is 5.92 Å². The zero-order valence-electron chi connectivity index (χ0n) is 13.4. The largest absolute Gasteiger partial charge is 0.489 e. The summed E-state index contributed by atoms with van der Waals surface area (Å²) in [4.78, 5) is 2.58. The molecule has 1 atom stereocenters. The van der Waals surface area contributed by atoms with Crippen LogP contribution in [0.2, 0.25) is 0 Å². The van der Waals surface area contributed by atoms with Crippen LogP contribution in [0.15, 0.2) is 42.1 Å². The summed E-state index contributed by atoms with van der Waals surface area (Å²) < 4.78 is 5.88. The van der Waals surface area contributed by atoms with Crippen molar-refractivity contribution in [1.82, 2.24) is 15.1 Å². The second-order valence-corrected chi connectivity index (χ2v) is 6.66. The zero-order valence-corrected chi connectivity index (χ0v) is 13.4. The van der Waals surface area contributed by atoms with Gasteiger partial charge in [-0.1, -0.05) is 18.2 Å². The van der Waals surface area contributed by atoms with Crippen LogP contribution in [0.3, 0.4) is 0 Å². The van der Waals surface area contributed by atoms with E-state index in [0.717, 1.165) is 37.8 Å². The fraction of sp³-hybridized carbons (Fsp3) is 0.421. The molecule has 1 aromatic heterocycles. The van der Waals surface area contributed by atoms with Crippen molar-refractivity contribution < 1.29 is 4.74 Å².